The molecule has 0 atom stereocenters. The maximum atomic E-state index is 12.8. The van der Waals surface area contributed by atoms with E-state index in [1.807, 2.05) is 0 Å². The normalized spacial score (nSPS) is 12.0. The van der Waals surface area contributed by atoms with Gasteiger partial charge >= 0.3 is 6.18 Å². The van der Waals surface area contributed by atoms with Gasteiger partial charge in [0.1, 0.15) is 17.0 Å². The Bertz CT molecular complexity index is 824. The van der Waals surface area contributed by atoms with Crippen LogP contribution in [0.25, 0.3) is 22.6 Å². The lowest BCUT2D eigenvalue weighted by molar-refractivity contribution is -0.138. The van der Waals surface area contributed by atoms with E-state index in [9.17, 15) is 23.4 Å². The second-order valence-corrected chi connectivity index (χ2v) is 4.40. The van der Waals surface area contributed by atoms with E-state index in [0.29, 0.717) is 11.1 Å². The van der Waals surface area contributed by atoms with Gasteiger partial charge in [-0.3, -0.25) is 0 Å². The minimum atomic E-state index is -4.68. The second-order valence-electron chi connectivity index (χ2n) is 4.40. The summed E-state index contributed by atoms with van der Waals surface area (Å²) >= 11 is 0. The fourth-order valence-electron chi connectivity index (χ4n) is 1.94. The highest BCUT2D eigenvalue weighted by atomic mass is 19.4. The number of halogens is 3. The van der Waals surface area contributed by atoms with Crippen LogP contribution in [0.5, 0.6) is 11.5 Å². The maximum Gasteiger partial charge on any atom is 0.419 e. The summed E-state index contributed by atoms with van der Waals surface area (Å²) in [6.07, 6.45) is -4.68. The van der Waals surface area contributed by atoms with Gasteiger partial charge in [0.05, 0.1) is 5.56 Å². The Morgan fingerprint density at radius 2 is 1.76 bits per heavy atom. The first-order valence-electron chi connectivity index (χ1n) is 5.85. The van der Waals surface area contributed by atoms with Crippen molar-refractivity contribution in [3.8, 4) is 23.0 Å². The molecule has 108 valence electrons. The van der Waals surface area contributed by atoms with Crippen molar-refractivity contribution in [3.63, 3.8) is 0 Å². The van der Waals surface area contributed by atoms with Gasteiger partial charge in [-0.2, -0.15) is 13.2 Å². The molecule has 0 amide bonds. The summed E-state index contributed by atoms with van der Waals surface area (Å²) in [5.74, 6) is -0.912. The van der Waals surface area contributed by atoms with E-state index in [0.717, 1.165) is 12.1 Å². The number of rotatable bonds is 1. The number of hydrogen-bond acceptors (Lipinski definition) is 4. The lowest BCUT2D eigenvalue weighted by Gasteiger charge is -2.09. The predicted molar refractivity (Wildman–Crippen MR) is 67.8 cm³/mol. The summed E-state index contributed by atoms with van der Waals surface area (Å²) in [4.78, 5) is 4.02. The first-order chi connectivity index (χ1) is 9.84. The van der Waals surface area contributed by atoms with Crippen molar-refractivity contribution in [1.29, 1.82) is 0 Å². The first-order valence-corrected chi connectivity index (χ1v) is 5.85. The van der Waals surface area contributed by atoms with Gasteiger partial charge in [-0.15, -0.1) is 0 Å². The Labute approximate surface area is 116 Å². The van der Waals surface area contributed by atoms with Crippen LogP contribution >= 0.6 is 0 Å². The van der Waals surface area contributed by atoms with Crippen LogP contribution in [0.3, 0.4) is 0 Å². The third kappa shape index (κ3) is 2.37. The van der Waals surface area contributed by atoms with Crippen LogP contribution in [0.2, 0.25) is 0 Å². The van der Waals surface area contributed by atoms with Gasteiger partial charge in [0.25, 0.3) is 0 Å². The number of nitrogens with zero attached hydrogens (tertiary/aromatic N) is 1. The third-order valence-electron chi connectivity index (χ3n) is 2.92. The zero-order valence-electron chi connectivity index (χ0n) is 10.3. The largest absolute Gasteiger partial charge is 0.508 e. The SMILES string of the molecule is Oc1ccc2oc(-c3ccc(O)c(C(F)(F)F)c3)nc2c1. The van der Waals surface area contributed by atoms with Gasteiger partial charge < -0.3 is 14.6 Å². The molecular formula is C14H8F3NO3. The van der Waals surface area contributed by atoms with Crippen molar-refractivity contribution in [3.05, 3.63) is 42.0 Å². The van der Waals surface area contributed by atoms with E-state index in [4.69, 9.17) is 4.42 Å². The highest BCUT2D eigenvalue weighted by molar-refractivity contribution is 5.77. The van der Waals surface area contributed by atoms with E-state index in [-0.39, 0.29) is 17.2 Å². The molecule has 2 N–H and O–H groups in total. The van der Waals surface area contributed by atoms with Crippen molar-refractivity contribution in [2.45, 2.75) is 6.18 Å². The summed E-state index contributed by atoms with van der Waals surface area (Å²) in [6, 6.07) is 7.16. The lowest BCUT2D eigenvalue weighted by atomic mass is 10.1. The van der Waals surface area contributed by atoms with Crippen molar-refractivity contribution in [1.82, 2.24) is 4.98 Å². The predicted octanol–water partition coefficient (Wildman–Crippen LogP) is 3.92. The van der Waals surface area contributed by atoms with Crippen LogP contribution < -0.4 is 0 Å². The summed E-state index contributed by atoms with van der Waals surface area (Å²) in [5.41, 5.74) is -0.419. The first kappa shape index (κ1) is 13.3. The van der Waals surface area contributed by atoms with Crippen LogP contribution in [0.15, 0.2) is 40.8 Å². The van der Waals surface area contributed by atoms with Crippen LogP contribution in [-0.2, 0) is 6.18 Å². The Kier molecular flexibility index (Phi) is 2.79. The molecule has 3 aromatic rings. The Hall–Kier alpha value is -2.70. The van der Waals surface area contributed by atoms with E-state index < -0.39 is 17.5 Å². The monoisotopic (exact) mass is 295 g/mol. The molecule has 0 radical (unpaired) electrons. The summed E-state index contributed by atoms with van der Waals surface area (Å²) < 4.78 is 43.6. The molecule has 3 rings (SSSR count). The summed E-state index contributed by atoms with van der Waals surface area (Å²) in [7, 11) is 0. The standard InChI is InChI=1S/C14H8F3NO3/c15-14(16,17)9-5-7(1-3-11(9)20)13-18-10-6-8(19)2-4-12(10)21-13/h1-6,19-20H. The molecule has 0 fully saturated rings. The number of aromatic nitrogens is 1. The second kappa shape index (κ2) is 4.41. The number of aromatic hydroxyl groups is 2. The molecule has 0 aliphatic carbocycles. The molecule has 0 aliphatic heterocycles. The van der Waals surface area contributed by atoms with Crippen LogP contribution in [0.1, 0.15) is 5.56 Å². The molecule has 0 unspecified atom stereocenters. The number of alkyl halides is 3. The van der Waals surface area contributed by atoms with E-state index in [2.05, 4.69) is 4.98 Å². The van der Waals surface area contributed by atoms with Crippen molar-refractivity contribution in [2.75, 3.05) is 0 Å². The molecule has 0 aliphatic rings. The van der Waals surface area contributed by atoms with Crippen LogP contribution in [0, 0.1) is 0 Å². The molecule has 0 saturated heterocycles. The highest BCUT2D eigenvalue weighted by Gasteiger charge is 2.34. The van der Waals surface area contributed by atoms with Gasteiger partial charge in [-0.1, -0.05) is 0 Å². The number of oxazole rings is 1. The third-order valence-corrected chi connectivity index (χ3v) is 2.92. The fraction of sp³-hybridized carbons (Fsp3) is 0.0714. The van der Waals surface area contributed by atoms with Crippen molar-refractivity contribution >= 4 is 11.1 Å². The zero-order valence-corrected chi connectivity index (χ0v) is 10.3. The Morgan fingerprint density at radius 1 is 1.00 bits per heavy atom. The average Bonchev–Trinajstić information content (AvgIpc) is 2.80. The lowest BCUT2D eigenvalue weighted by Crippen LogP contribution is -2.05. The number of fused-ring (bicyclic) bond motifs is 1. The highest BCUT2D eigenvalue weighted by Crippen LogP contribution is 2.38. The van der Waals surface area contributed by atoms with Crippen LogP contribution in [-0.4, -0.2) is 15.2 Å². The number of phenolic OH excluding ortho intramolecular Hbond substituents is 2. The number of hydrogen-bond donors (Lipinski definition) is 2. The van der Waals surface area contributed by atoms with Gasteiger partial charge in [-0.25, -0.2) is 4.98 Å². The van der Waals surface area contributed by atoms with Gasteiger partial charge in [0, 0.05) is 11.6 Å². The minimum Gasteiger partial charge on any atom is -0.508 e. The molecule has 2 aromatic carbocycles. The minimum absolute atomic E-state index is 0.0240. The molecule has 7 heteroatoms. The van der Waals surface area contributed by atoms with E-state index in [1.165, 1.54) is 24.3 Å². The molecule has 21 heavy (non-hydrogen) atoms. The average molecular weight is 295 g/mol. The Balaban J connectivity index is 2.14. The number of benzene rings is 2. The van der Waals surface area contributed by atoms with Crippen molar-refractivity contribution in [2.24, 2.45) is 0 Å². The topological polar surface area (TPSA) is 66.5 Å². The maximum absolute atomic E-state index is 12.8. The Morgan fingerprint density at radius 3 is 2.48 bits per heavy atom. The van der Waals surface area contributed by atoms with Gasteiger partial charge in [0.2, 0.25) is 5.89 Å². The molecular weight excluding hydrogens is 287 g/mol. The molecule has 1 aromatic heterocycles. The summed E-state index contributed by atoms with van der Waals surface area (Å²) in [6.45, 7) is 0. The van der Waals surface area contributed by atoms with E-state index >= 15 is 0 Å². The molecule has 0 spiro atoms. The molecule has 0 saturated carbocycles. The molecule has 0 bridgehead atoms. The zero-order chi connectivity index (χ0) is 15.2. The number of phenols is 2. The smallest absolute Gasteiger partial charge is 0.419 e. The van der Waals surface area contributed by atoms with Crippen molar-refractivity contribution < 1.29 is 27.8 Å². The molecule has 1 heterocycles. The quantitative estimate of drug-likeness (QED) is 0.714. The van der Waals surface area contributed by atoms with E-state index in [1.54, 1.807) is 0 Å². The van der Waals surface area contributed by atoms with Gasteiger partial charge in [0.15, 0.2) is 5.58 Å². The van der Waals surface area contributed by atoms with Gasteiger partial charge in [-0.05, 0) is 30.3 Å². The molecule has 4 nitrogen and oxygen atoms in total. The fourth-order valence-corrected chi connectivity index (χ4v) is 1.94. The summed E-state index contributed by atoms with van der Waals surface area (Å²) in [5, 5.41) is 18.6. The van der Waals surface area contributed by atoms with Crippen LogP contribution in [0.4, 0.5) is 13.2 Å².